The number of hydrogen-bond donors (Lipinski definition) is 2. The fourth-order valence-corrected chi connectivity index (χ4v) is 6.16. The molecule has 2 N–H and O–H groups in total. The molecule has 0 bridgehead atoms. The Morgan fingerprint density at radius 2 is 1.83 bits per heavy atom. The number of carbonyl (C=O) groups excluding carboxylic acids is 3. The third-order valence-corrected chi connectivity index (χ3v) is 8.28. The van der Waals surface area contributed by atoms with Crippen LogP contribution in [0.3, 0.4) is 0 Å². The second-order valence-electron chi connectivity index (χ2n) is 10.6. The predicted molar refractivity (Wildman–Crippen MR) is 130 cm³/mol. The van der Waals surface area contributed by atoms with Crippen LogP contribution in [0.2, 0.25) is 0 Å². The second-order valence-corrected chi connectivity index (χ2v) is 10.6. The van der Waals surface area contributed by atoms with Gasteiger partial charge in [-0.25, -0.2) is 0 Å². The number of nitrogens with zero attached hydrogens (tertiary/aromatic N) is 1. The number of imide groups is 1. The van der Waals surface area contributed by atoms with Crippen molar-refractivity contribution in [3.63, 3.8) is 0 Å². The molecule has 8 heteroatoms. The number of methoxy groups -OCH3 is 1. The summed E-state index contributed by atoms with van der Waals surface area (Å²) in [6.45, 7) is 1.40. The molecule has 1 aromatic rings. The highest BCUT2D eigenvalue weighted by Crippen LogP contribution is 2.32. The molecular weight excluding hydrogens is 446 g/mol. The zero-order valence-corrected chi connectivity index (χ0v) is 20.6. The lowest BCUT2D eigenvalue weighted by molar-refractivity contribution is -0.136. The topological polar surface area (TPSA) is 97.0 Å². The Balaban J connectivity index is 1.19. The van der Waals surface area contributed by atoms with Crippen LogP contribution in [0.4, 0.5) is 0 Å². The van der Waals surface area contributed by atoms with Crippen LogP contribution in [0.25, 0.3) is 0 Å². The van der Waals surface area contributed by atoms with E-state index >= 15 is 0 Å². The number of amides is 3. The molecule has 1 saturated heterocycles. The lowest BCUT2D eigenvalue weighted by atomic mass is 9.86. The van der Waals surface area contributed by atoms with Crippen LogP contribution >= 0.6 is 0 Å². The highest BCUT2D eigenvalue weighted by Gasteiger charge is 2.39. The summed E-state index contributed by atoms with van der Waals surface area (Å²) in [6.07, 6.45) is 10.4. The molecule has 3 amide bonds. The first kappa shape index (κ1) is 24.3. The van der Waals surface area contributed by atoms with Crippen molar-refractivity contribution in [2.75, 3.05) is 13.7 Å². The second kappa shape index (κ2) is 10.7. The van der Waals surface area contributed by atoms with Gasteiger partial charge in [0.1, 0.15) is 17.9 Å². The highest BCUT2D eigenvalue weighted by molar-refractivity contribution is 6.05. The van der Waals surface area contributed by atoms with Crippen LogP contribution in [0.5, 0.6) is 5.75 Å². The van der Waals surface area contributed by atoms with E-state index in [0.29, 0.717) is 36.6 Å². The van der Waals surface area contributed by atoms with Gasteiger partial charge in [0.15, 0.2) is 0 Å². The van der Waals surface area contributed by atoms with Crippen molar-refractivity contribution in [2.24, 2.45) is 5.92 Å². The highest BCUT2D eigenvalue weighted by atomic mass is 16.5. The van der Waals surface area contributed by atoms with Crippen molar-refractivity contribution >= 4 is 17.7 Å². The summed E-state index contributed by atoms with van der Waals surface area (Å²) in [5, 5.41) is 6.17. The van der Waals surface area contributed by atoms with Crippen LogP contribution in [-0.2, 0) is 20.9 Å². The molecule has 2 aliphatic carbocycles. The normalized spacial score (nSPS) is 31.3. The maximum Gasteiger partial charge on any atom is 0.255 e. The standard InChI is InChI=1S/C27H37N3O5/c1-34-19-8-6-17(7-9-19)15-28-22-4-2-3-5-24(22)35-20-10-11-21-18(14-20)16-30(27(21)33)23-12-13-25(31)29-26(23)32/h10-11,14,17,19,22-24,28H,2-9,12-13,15-16H2,1H3,(H,29,31,32)/t17-,19+,22-,23?,24+/m1/s1. The van der Waals surface area contributed by atoms with E-state index in [2.05, 4.69) is 10.6 Å². The molecule has 1 aromatic carbocycles. The van der Waals surface area contributed by atoms with Gasteiger partial charge in [0, 0.05) is 31.7 Å². The first-order chi connectivity index (χ1) is 17.0. The Labute approximate surface area is 207 Å². The van der Waals surface area contributed by atoms with Gasteiger partial charge in [-0.05, 0) is 87.6 Å². The zero-order valence-electron chi connectivity index (χ0n) is 20.6. The molecule has 2 saturated carbocycles. The van der Waals surface area contributed by atoms with Gasteiger partial charge in [0.05, 0.1) is 6.10 Å². The fraction of sp³-hybridized carbons (Fsp3) is 0.667. The molecule has 35 heavy (non-hydrogen) atoms. The van der Waals surface area contributed by atoms with Gasteiger partial charge in [0.2, 0.25) is 11.8 Å². The maximum absolute atomic E-state index is 13.0. The molecule has 2 aliphatic heterocycles. The Morgan fingerprint density at radius 1 is 1.03 bits per heavy atom. The largest absolute Gasteiger partial charge is 0.489 e. The molecule has 0 aromatic heterocycles. The van der Waals surface area contributed by atoms with Crippen LogP contribution in [-0.4, -0.2) is 60.6 Å². The Kier molecular flexibility index (Phi) is 7.39. The third-order valence-electron chi connectivity index (χ3n) is 8.28. The minimum atomic E-state index is -0.595. The summed E-state index contributed by atoms with van der Waals surface area (Å²) in [7, 11) is 1.81. The predicted octanol–water partition coefficient (Wildman–Crippen LogP) is 2.93. The Morgan fingerprint density at radius 3 is 2.60 bits per heavy atom. The number of ether oxygens (including phenoxy) is 2. The monoisotopic (exact) mass is 483 g/mol. The minimum absolute atomic E-state index is 0.112. The summed E-state index contributed by atoms with van der Waals surface area (Å²) in [5.41, 5.74) is 1.50. The molecule has 3 fully saturated rings. The Bertz CT molecular complexity index is 958. The molecule has 0 spiro atoms. The van der Waals surface area contributed by atoms with E-state index in [1.807, 2.05) is 25.3 Å². The molecule has 8 nitrogen and oxygen atoms in total. The summed E-state index contributed by atoms with van der Waals surface area (Å²) in [5.74, 6) is 0.672. The zero-order chi connectivity index (χ0) is 24.4. The van der Waals surface area contributed by atoms with Gasteiger partial charge in [0.25, 0.3) is 5.91 Å². The molecule has 5 rings (SSSR count). The van der Waals surface area contributed by atoms with Crippen LogP contribution < -0.4 is 15.4 Å². The summed E-state index contributed by atoms with van der Waals surface area (Å²) < 4.78 is 12.0. The number of rotatable bonds is 7. The van der Waals surface area contributed by atoms with E-state index in [1.54, 1.807) is 4.90 Å². The molecule has 2 heterocycles. The molecule has 190 valence electrons. The van der Waals surface area contributed by atoms with Gasteiger partial charge >= 0.3 is 0 Å². The van der Waals surface area contributed by atoms with Crippen LogP contribution in [0.1, 0.15) is 80.1 Å². The van der Waals surface area contributed by atoms with Crippen LogP contribution in [0, 0.1) is 5.92 Å². The van der Waals surface area contributed by atoms with E-state index in [0.717, 1.165) is 50.0 Å². The van der Waals surface area contributed by atoms with E-state index in [4.69, 9.17) is 9.47 Å². The van der Waals surface area contributed by atoms with Gasteiger partial charge in [-0.2, -0.15) is 0 Å². The van der Waals surface area contributed by atoms with E-state index in [9.17, 15) is 14.4 Å². The third kappa shape index (κ3) is 5.38. The fourth-order valence-electron chi connectivity index (χ4n) is 6.16. The summed E-state index contributed by atoms with van der Waals surface area (Å²) >= 11 is 0. The number of carbonyl (C=O) groups is 3. The van der Waals surface area contributed by atoms with Gasteiger partial charge < -0.3 is 19.7 Å². The van der Waals surface area contributed by atoms with Crippen molar-refractivity contribution in [2.45, 2.75) is 95.0 Å². The van der Waals surface area contributed by atoms with Crippen LogP contribution in [0.15, 0.2) is 18.2 Å². The van der Waals surface area contributed by atoms with E-state index in [1.165, 1.54) is 19.3 Å². The molecule has 4 aliphatic rings. The average Bonchev–Trinajstić information content (AvgIpc) is 3.19. The Hall–Kier alpha value is -2.45. The minimum Gasteiger partial charge on any atom is -0.489 e. The number of fused-ring (bicyclic) bond motifs is 1. The number of piperidine rings is 1. The first-order valence-electron chi connectivity index (χ1n) is 13.2. The van der Waals surface area contributed by atoms with Crippen molar-refractivity contribution in [3.05, 3.63) is 29.3 Å². The quantitative estimate of drug-likeness (QED) is 0.579. The molecule has 0 radical (unpaired) electrons. The van der Waals surface area contributed by atoms with Crippen molar-refractivity contribution < 1.29 is 23.9 Å². The maximum atomic E-state index is 13.0. The average molecular weight is 484 g/mol. The van der Waals surface area contributed by atoms with Crippen molar-refractivity contribution in [1.29, 1.82) is 0 Å². The van der Waals surface area contributed by atoms with Crippen molar-refractivity contribution in [1.82, 2.24) is 15.5 Å². The summed E-state index contributed by atoms with van der Waals surface area (Å²) in [4.78, 5) is 38.3. The van der Waals surface area contributed by atoms with Crippen molar-refractivity contribution in [3.8, 4) is 5.75 Å². The molecule has 1 unspecified atom stereocenters. The first-order valence-corrected chi connectivity index (χ1v) is 13.2. The number of nitrogens with one attached hydrogen (secondary N) is 2. The van der Waals surface area contributed by atoms with Gasteiger partial charge in [-0.3, -0.25) is 19.7 Å². The SMILES string of the molecule is CO[C@H]1CC[C@@H](CN[C@@H]2CCCC[C@@H]2Oc2ccc3c(c2)CN(C2CCC(=O)NC2=O)C3=O)CC1. The lowest BCUT2D eigenvalue weighted by Gasteiger charge is -2.35. The summed E-state index contributed by atoms with van der Waals surface area (Å²) in [6, 6.07) is 5.39. The van der Waals surface area contributed by atoms with Gasteiger partial charge in [-0.1, -0.05) is 6.42 Å². The number of benzene rings is 1. The molecule has 3 atom stereocenters. The van der Waals surface area contributed by atoms with Gasteiger partial charge in [-0.15, -0.1) is 0 Å². The van der Waals surface area contributed by atoms with E-state index in [-0.39, 0.29) is 30.2 Å². The number of hydrogen-bond acceptors (Lipinski definition) is 6. The smallest absolute Gasteiger partial charge is 0.255 e. The molecular formula is C27H37N3O5. The lowest BCUT2D eigenvalue weighted by Crippen LogP contribution is -2.52. The van der Waals surface area contributed by atoms with E-state index < -0.39 is 6.04 Å².